The molecule has 6 aromatic rings. The van der Waals surface area contributed by atoms with Crippen LogP contribution in [-0.2, 0) is 19.9 Å². The van der Waals surface area contributed by atoms with Crippen LogP contribution in [0.2, 0.25) is 0 Å². The van der Waals surface area contributed by atoms with Gasteiger partial charge in [0.2, 0.25) is 5.88 Å². The third kappa shape index (κ3) is 4.53. The summed E-state index contributed by atoms with van der Waals surface area (Å²) in [5, 5.41) is 1.13. The molecule has 0 radical (unpaired) electrons. The molecule has 3 aromatic heterocycles. The fraction of sp³-hybridized carbons (Fsp3) is 0.125. The molecule has 0 bridgehead atoms. The van der Waals surface area contributed by atoms with E-state index in [-0.39, 0.29) is 34.8 Å². The molecule has 0 spiro atoms. The summed E-state index contributed by atoms with van der Waals surface area (Å²) in [7, 11) is 1.80. The quantitative estimate of drug-likeness (QED) is 0.241. The van der Waals surface area contributed by atoms with Crippen LogP contribution in [0.4, 0.5) is 4.39 Å². The van der Waals surface area contributed by atoms with Gasteiger partial charge in [-0.3, -0.25) is 9.59 Å². The van der Waals surface area contributed by atoms with E-state index in [2.05, 4.69) is 15.0 Å². The average molecular weight is 533 g/mol. The highest BCUT2D eigenvalue weighted by Crippen LogP contribution is 2.35. The smallest absolute Gasteiger partial charge is 0.232 e. The number of halogens is 1. The van der Waals surface area contributed by atoms with E-state index < -0.39 is 5.82 Å². The van der Waals surface area contributed by atoms with Crippen molar-refractivity contribution < 1.29 is 13.9 Å². The van der Waals surface area contributed by atoms with Gasteiger partial charge in [0.1, 0.15) is 12.0 Å². The van der Waals surface area contributed by atoms with E-state index in [4.69, 9.17) is 4.74 Å². The lowest BCUT2D eigenvalue weighted by molar-refractivity contribution is 0.0991. The molecule has 0 aliphatic carbocycles. The summed E-state index contributed by atoms with van der Waals surface area (Å²) in [5.74, 6) is -0.855. The first-order valence-corrected chi connectivity index (χ1v) is 12.9. The van der Waals surface area contributed by atoms with Crippen molar-refractivity contribution in [3.63, 3.8) is 0 Å². The molecule has 7 nitrogen and oxygen atoms in total. The minimum Gasteiger partial charge on any atom is -0.435 e. The Hall–Kier alpha value is -5.11. The van der Waals surface area contributed by atoms with Gasteiger partial charge in [-0.25, -0.2) is 14.4 Å². The van der Waals surface area contributed by atoms with Crippen LogP contribution in [0, 0.1) is 5.82 Å². The molecule has 0 saturated carbocycles. The van der Waals surface area contributed by atoms with Gasteiger partial charge in [-0.05, 0) is 47.4 Å². The second-order valence-electron chi connectivity index (χ2n) is 9.63. The van der Waals surface area contributed by atoms with Crippen LogP contribution >= 0.6 is 0 Å². The topological polar surface area (TPSA) is 89.9 Å². The molecule has 0 unspecified atom stereocenters. The predicted molar refractivity (Wildman–Crippen MR) is 152 cm³/mol. The number of hydrogen-bond acceptors (Lipinski definition) is 5. The van der Waals surface area contributed by atoms with Crippen LogP contribution in [0.3, 0.4) is 0 Å². The van der Waals surface area contributed by atoms with Gasteiger partial charge in [0, 0.05) is 36.8 Å². The summed E-state index contributed by atoms with van der Waals surface area (Å²) in [6.45, 7) is 2.01. The summed E-state index contributed by atoms with van der Waals surface area (Å²) in [4.78, 5) is 38.0. The maximum atomic E-state index is 15.2. The van der Waals surface area contributed by atoms with Gasteiger partial charge in [0.25, 0.3) is 0 Å². The number of nitrogens with zero attached hydrogens (tertiary/aromatic N) is 3. The van der Waals surface area contributed by atoms with Gasteiger partial charge in [-0.2, -0.15) is 0 Å². The number of benzene rings is 3. The Morgan fingerprint density at radius 2 is 1.82 bits per heavy atom. The minimum absolute atomic E-state index is 0.0369. The number of rotatable bonds is 7. The number of carbonyl (C=O) groups is 1. The van der Waals surface area contributed by atoms with Crippen molar-refractivity contribution in [2.45, 2.75) is 19.8 Å². The largest absolute Gasteiger partial charge is 0.435 e. The molecular weight excluding hydrogens is 507 g/mol. The minimum atomic E-state index is -0.645. The third-order valence-corrected chi connectivity index (χ3v) is 7.05. The summed E-state index contributed by atoms with van der Waals surface area (Å²) >= 11 is 0. The Morgan fingerprint density at radius 3 is 2.60 bits per heavy atom. The van der Waals surface area contributed by atoms with E-state index in [1.165, 1.54) is 18.5 Å². The molecule has 3 heterocycles. The first-order valence-electron chi connectivity index (χ1n) is 12.9. The first-order chi connectivity index (χ1) is 19.4. The van der Waals surface area contributed by atoms with Crippen LogP contribution in [0.25, 0.3) is 33.1 Å². The van der Waals surface area contributed by atoms with Gasteiger partial charge in [-0.1, -0.05) is 49.4 Å². The summed E-state index contributed by atoms with van der Waals surface area (Å²) < 4.78 is 22.9. The zero-order chi connectivity index (χ0) is 27.8. The van der Waals surface area contributed by atoms with Crippen molar-refractivity contribution in [3.05, 3.63) is 118 Å². The van der Waals surface area contributed by atoms with Crippen LogP contribution in [-0.4, -0.2) is 25.3 Å². The number of pyridine rings is 1. The highest BCUT2D eigenvalue weighted by atomic mass is 19.1. The maximum Gasteiger partial charge on any atom is 0.232 e. The summed E-state index contributed by atoms with van der Waals surface area (Å²) in [6.07, 6.45) is 5.37. The van der Waals surface area contributed by atoms with E-state index in [9.17, 15) is 9.59 Å². The van der Waals surface area contributed by atoms with E-state index in [1.54, 1.807) is 23.9 Å². The van der Waals surface area contributed by atoms with Gasteiger partial charge < -0.3 is 14.3 Å². The van der Waals surface area contributed by atoms with Gasteiger partial charge in [0.05, 0.1) is 16.5 Å². The Balaban J connectivity index is 1.28. The van der Waals surface area contributed by atoms with E-state index in [0.29, 0.717) is 22.0 Å². The van der Waals surface area contributed by atoms with Gasteiger partial charge in [0.15, 0.2) is 22.8 Å². The molecule has 0 amide bonds. The molecule has 198 valence electrons. The number of aryl methyl sites for hydroxylation is 2. The number of aromatic nitrogens is 4. The van der Waals surface area contributed by atoms with Crippen LogP contribution in [0.1, 0.15) is 28.4 Å². The van der Waals surface area contributed by atoms with E-state index in [0.717, 1.165) is 28.6 Å². The Labute approximate surface area is 228 Å². The lowest BCUT2D eigenvalue weighted by atomic mass is 10.0. The number of ether oxygens (including phenoxy) is 1. The number of hydrogen-bond donors (Lipinski definition) is 1. The Kier molecular flexibility index (Phi) is 6.43. The standard InChI is InChI=1S/C32H25FN4O3/c1-3-19-9-11-26-22(13-19)30(39)24(17-37(26)2)27(38)15-20-10-12-28(25(33)14-20)40-32-29-23(21-7-5-4-6-8-21)16-34-31(29)35-18-36-32/h4-14,16-18H,3,15H2,1-2H3,(H,34,35,36). The van der Waals surface area contributed by atoms with Gasteiger partial charge >= 0.3 is 0 Å². The molecular formula is C32H25FN4O3. The first kappa shape index (κ1) is 25.2. The molecule has 0 fully saturated rings. The van der Waals surface area contributed by atoms with Crippen molar-refractivity contribution >= 4 is 27.7 Å². The second-order valence-corrected chi connectivity index (χ2v) is 9.63. The number of fused-ring (bicyclic) bond motifs is 2. The zero-order valence-electron chi connectivity index (χ0n) is 21.9. The Bertz CT molecular complexity index is 1960. The van der Waals surface area contributed by atoms with E-state index in [1.807, 2.05) is 61.7 Å². The summed E-state index contributed by atoms with van der Waals surface area (Å²) in [5.41, 5.74) is 4.29. The number of carbonyl (C=O) groups excluding carboxylic acids is 1. The molecule has 0 atom stereocenters. The van der Waals surface area contributed by atoms with Crippen molar-refractivity contribution in [1.82, 2.24) is 19.5 Å². The molecule has 6 rings (SSSR count). The van der Waals surface area contributed by atoms with Crippen LogP contribution < -0.4 is 10.2 Å². The molecule has 0 saturated heterocycles. The zero-order valence-corrected chi connectivity index (χ0v) is 21.9. The number of aromatic amines is 1. The average Bonchev–Trinajstić information content (AvgIpc) is 3.42. The van der Waals surface area contributed by atoms with Crippen molar-refractivity contribution in [2.75, 3.05) is 0 Å². The number of Topliss-reactive ketones (excluding diaryl/α,β-unsaturated/α-hetero) is 1. The highest BCUT2D eigenvalue weighted by Gasteiger charge is 2.19. The molecule has 0 aliphatic rings. The van der Waals surface area contributed by atoms with Crippen LogP contribution in [0.5, 0.6) is 11.6 Å². The van der Waals surface area contributed by atoms with Crippen molar-refractivity contribution in [1.29, 1.82) is 0 Å². The predicted octanol–water partition coefficient (Wildman–Crippen LogP) is 6.40. The molecule has 40 heavy (non-hydrogen) atoms. The normalized spacial score (nSPS) is 11.3. The van der Waals surface area contributed by atoms with Gasteiger partial charge in [-0.15, -0.1) is 0 Å². The van der Waals surface area contributed by atoms with Crippen molar-refractivity contribution in [2.24, 2.45) is 7.05 Å². The van der Waals surface area contributed by atoms with Crippen LogP contribution in [0.15, 0.2) is 90.2 Å². The highest BCUT2D eigenvalue weighted by molar-refractivity contribution is 6.00. The number of nitrogens with one attached hydrogen (secondary N) is 1. The lowest BCUT2D eigenvalue weighted by Crippen LogP contribution is -2.20. The van der Waals surface area contributed by atoms with E-state index >= 15 is 4.39 Å². The fourth-order valence-corrected chi connectivity index (χ4v) is 4.94. The molecule has 0 aliphatic heterocycles. The van der Waals surface area contributed by atoms with Crippen molar-refractivity contribution in [3.8, 4) is 22.8 Å². The Morgan fingerprint density at radius 1 is 1.02 bits per heavy atom. The maximum absolute atomic E-state index is 15.2. The fourth-order valence-electron chi connectivity index (χ4n) is 4.94. The third-order valence-electron chi connectivity index (χ3n) is 7.05. The number of H-pyrrole nitrogens is 1. The SMILES string of the molecule is CCc1ccc2c(c1)c(=O)c(C(=O)Cc1ccc(Oc3ncnc4[nH]cc(-c5ccccc5)c34)c(F)c1)cn2C. The molecule has 8 heteroatoms. The lowest BCUT2D eigenvalue weighted by Gasteiger charge is -2.11. The summed E-state index contributed by atoms with van der Waals surface area (Å²) in [6, 6.07) is 19.7. The molecule has 3 aromatic carbocycles. The molecule has 1 N–H and O–H groups in total. The monoisotopic (exact) mass is 532 g/mol. The number of ketones is 1. The second kappa shape index (κ2) is 10.2.